The second kappa shape index (κ2) is 5.14. The molecule has 1 aromatic rings. The number of hydrogen-bond acceptors (Lipinski definition) is 2. The zero-order chi connectivity index (χ0) is 13.2. The number of rotatable bonds is 2. The predicted molar refractivity (Wildman–Crippen MR) is 58.9 cm³/mol. The van der Waals surface area contributed by atoms with Crippen molar-refractivity contribution in [1.82, 2.24) is 0 Å². The first-order valence-electron chi connectivity index (χ1n) is 5.68. The van der Waals surface area contributed by atoms with Crippen LogP contribution in [0.1, 0.15) is 18.4 Å². The monoisotopic (exact) mass is 263 g/mol. The molecule has 1 saturated heterocycles. The second-order valence-corrected chi connectivity index (χ2v) is 4.25. The Labute approximate surface area is 102 Å². The zero-order valence-corrected chi connectivity index (χ0v) is 9.56. The smallest absolute Gasteiger partial charge is 0.380 e. The van der Waals surface area contributed by atoms with E-state index in [2.05, 4.69) is 5.32 Å². The van der Waals surface area contributed by atoms with Crippen LogP contribution in [0.2, 0.25) is 0 Å². The van der Waals surface area contributed by atoms with Gasteiger partial charge >= 0.3 is 6.18 Å². The lowest BCUT2D eigenvalue weighted by atomic mass is 10.1. The summed E-state index contributed by atoms with van der Waals surface area (Å²) in [6, 6.07) is 2.91. The Kier molecular flexibility index (Phi) is 3.75. The Morgan fingerprint density at radius 3 is 2.67 bits per heavy atom. The van der Waals surface area contributed by atoms with Gasteiger partial charge in [0, 0.05) is 18.3 Å². The Morgan fingerprint density at radius 1 is 1.28 bits per heavy atom. The van der Waals surface area contributed by atoms with Gasteiger partial charge in [-0.1, -0.05) is 0 Å². The fourth-order valence-electron chi connectivity index (χ4n) is 1.92. The molecule has 0 saturated carbocycles. The number of hydrogen-bond donors (Lipinski definition) is 1. The molecule has 2 nitrogen and oxygen atoms in total. The lowest BCUT2D eigenvalue weighted by Gasteiger charge is -2.24. The minimum atomic E-state index is -4.68. The molecular weight excluding hydrogens is 250 g/mol. The molecule has 1 aliphatic heterocycles. The fourth-order valence-corrected chi connectivity index (χ4v) is 1.92. The van der Waals surface area contributed by atoms with E-state index in [4.69, 9.17) is 4.74 Å². The summed E-state index contributed by atoms with van der Waals surface area (Å²) in [7, 11) is 0. The lowest BCUT2D eigenvalue weighted by Crippen LogP contribution is -2.30. The van der Waals surface area contributed by atoms with E-state index in [0.29, 0.717) is 13.2 Å². The first-order valence-corrected chi connectivity index (χ1v) is 5.68. The largest absolute Gasteiger partial charge is 0.419 e. The van der Waals surface area contributed by atoms with E-state index in [1.165, 1.54) is 6.07 Å². The number of alkyl halides is 3. The van der Waals surface area contributed by atoms with Gasteiger partial charge in [-0.3, -0.25) is 0 Å². The van der Waals surface area contributed by atoms with Crippen LogP contribution in [0.5, 0.6) is 0 Å². The van der Waals surface area contributed by atoms with Gasteiger partial charge in [0.05, 0.1) is 12.2 Å². The van der Waals surface area contributed by atoms with Crippen LogP contribution in [-0.2, 0) is 10.9 Å². The van der Waals surface area contributed by atoms with Crippen molar-refractivity contribution < 1.29 is 22.3 Å². The van der Waals surface area contributed by atoms with Gasteiger partial charge < -0.3 is 10.1 Å². The van der Waals surface area contributed by atoms with Crippen molar-refractivity contribution in [2.24, 2.45) is 0 Å². The van der Waals surface area contributed by atoms with Crippen LogP contribution >= 0.6 is 0 Å². The normalized spacial score (nSPS) is 20.8. The maximum absolute atomic E-state index is 13.1. The quantitative estimate of drug-likeness (QED) is 0.825. The lowest BCUT2D eigenvalue weighted by molar-refractivity contribution is -0.139. The molecule has 1 heterocycles. The van der Waals surface area contributed by atoms with E-state index < -0.39 is 17.6 Å². The molecule has 1 N–H and O–H groups in total. The van der Waals surface area contributed by atoms with E-state index in [-0.39, 0.29) is 11.7 Å². The third-order valence-corrected chi connectivity index (χ3v) is 2.80. The molecule has 1 fully saturated rings. The summed E-state index contributed by atoms with van der Waals surface area (Å²) in [6.45, 7) is 1.13. The molecule has 1 aliphatic rings. The third-order valence-electron chi connectivity index (χ3n) is 2.80. The van der Waals surface area contributed by atoms with Crippen molar-refractivity contribution in [2.45, 2.75) is 25.1 Å². The maximum atomic E-state index is 13.1. The maximum Gasteiger partial charge on any atom is 0.419 e. The molecule has 0 amide bonds. The Balaban J connectivity index is 2.14. The molecule has 6 heteroatoms. The molecule has 18 heavy (non-hydrogen) atoms. The van der Waals surface area contributed by atoms with Crippen molar-refractivity contribution in [2.75, 3.05) is 18.5 Å². The zero-order valence-electron chi connectivity index (χ0n) is 9.56. The van der Waals surface area contributed by atoms with Crippen molar-refractivity contribution >= 4 is 5.69 Å². The highest BCUT2D eigenvalue weighted by Crippen LogP contribution is 2.33. The van der Waals surface area contributed by atoms with Gasteiger partial charge in [-0.05, 0) is 31.0 Å². The number of anilines is 1. The van der Waals surface area contributed by atoms with Gasteiger partial charge in [0.15, 0.2) is 0 Å². The van der Waals surface area contributed by atoms with Crippen molar-refractivity contribution in [3.05, 3.63) is 29.6 Å². The summed E-state index contributed by atoms with van der Waals surface area (Å²) in [5.41, 5.74) is -0.983. The summed E-state index contributed by atoms with van der Waals surface area (Å²) >= 11 is 0. The van der Waals surface area contributed by atoms with Gasteiger partial charge in [0.1, 0.15) is 5.82 Å². The molecule has 1 atom stereocenters. The highest BCUT2D eigenvalue weighted by Gasteiger charge is 2.34. The number of ether oxygens (including phenoxy) is 1. The first kappa shape index (κ1) is 13.1. The number of nitrogens with one attached hydrogen (secondary N) is 1. The molecule has 2 rings (SSSR count). The molecule has 0 aliphatic carbocycles. The fraction of sp³-hybridized carbons (Fsp3) is 0.500. The van der Waals surface area contributed by atoms with Crippen LogP contribution in [-0.4, -0.2) is 19.3 Å². The number of halogens is 4. The summed E-state index contributed by atoms with van der Waals surface area (Å²) < 4.78 is 55.8. The highest BCUT2D eigenvalue weighted by molar-refractivity contribution is 5.47. The minimum Gasteiger partial charge on any atom is -0.380 e. The summed E-state index contributed by atoms with van der Waals surface area (Å²) in [4.78, 5) is 0. The van der Waals surface area contributed by atoms with E-state index in [9.17, 15) is 17.6 Å². The van der Waals surface area contributed by atoms with Crippen LogP contribution in [0.3, 0.4) is 0 Å². The SMILES string of the molecule is Fc1ccc(NC2CCCOC2)cc1C(F)(F)F. The molecule has 1 aromatic carbocycles. The Hall–Kier alpha value is -1.30. The Morgan fingerprint density at radius 2 is 2.06 bits per heavy atom. The first-order chi connectivity index (χ1) is 8.47. The van der Waals surface area contributed by atoms with Crippen molar-refractivity contribution in [1.29, 1.82) is 0 Å². The minimum absolute atomic E-state index is 0.0229. The standard InChI is InChI=1S/C12H13F4NO/c13-11-4-3-8(6-10(11)12(14,15)16)17-9-2-1-5-18-7-9/h3-4,6,9,17H,1-2,5,7H2. The molecule has 0 spiro atoms. The average Bonchev–Trinajstić information content (AvgIpc) is 2.31. The highest BCUT2D eigenvalue weighted by atomic mass is 19.4. The van der Waals surface area contributed by atoms with Gasteiger partial charge in [0.2, 0.25) is 0 Å². The molecule has 0 aromatic heterocycles. The average molecular weight is 263 g/mol. The van der Waals surface area contributed by atoms with Crippen molar-refractivity contribution in [3.63, 3.8) is 0 Å². The molecular formula is C12H13F4NO. The number of benzene rings is 1. The van der Waals surface area contributed by atoms with E-state index in [1.807, 2.05) is 0 Å². The second-order valence-electron chi connectivity index (χ2n) is 4.25. The van der Waals surface area contributed by atoms with Crippen LogP contribution in [0, 0.1) is 5.82 Å². The molecule has 1 unspecified atom stereocenters. The summed E-state index contributed by atoms with van der Waals surface area (Å²) in [5.74, 6) is -1.26. The molecule has 0 bridgehead atoms. The van der Waals surface area contributed by atoms with Gasteiger partial charge in [-0.15, -0.1) is 0 Å². The van der Waals surface area contributed by atoms with E-state index >= 15 is 0 Å². The summed E-state index contributed by atoms with van der Waals surface area (Å²) in [5, 5.41) is 2.93. The van der Waals surface area contributed by atoms with Crippen LogP contribution in [0.4, 0.5) is 23.2 Å². The van der Waals surface area contributed by atoms with Gasteiger partial charge in [0.25, 0.3) is 0 Å². The predicted octanol–water partition coefficient (Wildman–Crippen LogP) is 3.44. The van der Waals surface area contributed by atoms with Gasteiger partial charge in [-0.2, -0.15) is 13.2 Å². The molecule has 0 radical (unpaired) electrons. The Bertz CT molecular complexity index is 413. The van der Waals surface area contributed by atoms with E-state index in [0.717, 1.165) is 25.0 Å². The van der Waals surface area contributed by atoms with E-state index in [1.54, 1.807) is 0 Å². The van der Waals surface area contributed by atoms with Crippen molar-refractivity contribution in [3.8, 4) is 0 Å². The van der Waals surface area contributed by atoms with Crippen LogP contribution in [0.25, 0.3) is 0 Å². The van der Waals surface area contributed by atoms with Crippen LogP contribution in [0.15, 0.2) is 18.2 Å². The molecule has 100 valence electrons. The third kappa shape index (κ3) is 3.13. The topological polar surface area (TPSA) is 21.3 Å². The van der Waals surface area contributed by atoms with Gasteiger partial charge in [-0.25, -0.2) is 4.39 Å². The van der Waals surface area contributed by atoms with Crippen LogP contribution < -0.4 is 5.32 Å². The summed E-state index contributed by atoms with van der Waals surface area (Å²) in [6.07, 6.45) is -2.98.